The fraction of sp³-hybridized carbons (Fsp3) is 0.533. The minimum absolute atomic E-state index is 0.121. The van der Waals surface area contributed by atoms with E-state index in [1.807, 2.05) is 44.2 Å². The summed E-state index contributed by atoms with van der Waals surface area (Å²) in [5, 5.41) is 14.6. The van der Waals surface area contributed by atoms with E-state index in [4.69, 9.17) is 4.74 Å². The molecule has 2 atom stereocenters. The van der Waals surface area contributed by atoms with Crippen LogP contribution < -0.4 is 10.0 Å². The highest BCUT2D eigenvalue weighted by atomic mass is 32.2. The summed E-state index contributed by atoms with van der Waals surface area (Å²) in [7, 11) is -3.55. The number of tetrazole rings is 1. The third kappa shape index (κ3) is 4.55. The van der Waals surface area contributed by atoms with E-state index in [0.717, 1.165) is 5.69 Å². The lowest BCUT2D eigenvalue weighted by atomic mass is 10.3. The lowest BCUT2D eigenvalue weighted by molar-refractivity contribution is -0.0443. The van der Waals surface area contributed by atoms with Gasteiger partial charge in [-0.05, 0) is 36.4 Å². The zero-order valence-electron chi connectivity index (χ0n) is 14.7. The predicted octanol–water partition coefficient (Wildman–Crippen LogP) is 0.0178. The molecule has 10 nitrogen and oxygen atoms in total. The van der Waals surface area contributed by atoms with E-state index < -0.39 is 10.2 Å². The Bertz CT molecular complexity index is 802. The van der Waals surface area contributed by atoms with Gasteiger partial charge in [0, 0.05) is 26.2 Å². The largest absolute Gasteiger partial charge is 0.373 e. The third-order valence-corrected chi connectivity index (χ3v) is 5.44. The highest BCUT2D eigenvalue weighted by molar-refractivity contribution is 7.87. The molecule has 11 heteroatoms. The molecule has 1 saturated heterocycles. The van der Waals surface area contributed by atoms with Gasteiger partial charge in [-0.25, -0.2) is 4.72 Å². The first-order valence-corrected chi connectivity index (χ1v) is 9.87. The minimum atomic E-state index is -3.55. The van der Waals surface area contributed by atoms with Gasteiger partial charge in [-0.1, -0.05) is 23.3 Å². The SMILES string of the molecule is C[C@@H]1CN(S(=O)(=O)NCCNc2nnnn2-c2ccccc2)C[C@@H](C)O1. The average Bonchev–Trinajstić information content (AvgIpc) is 3.07. The summed E-state index contributed by atoms with van der Waals surface area (Å²) in [6.07, 6.45) is -0.243. The van der Waals surface area contributed by atoms with Crippen molar-refractivity contribution in [2.24, 2.45) is 0 Å². The Morgan fingerprint density at radius 3 is 2.54 bits per heavy atom. The van der Waals surface area contributed by atoms with Crippen molar-refractivity contribution in [1.82, 2.24) is 29.2 Å². The Kier molecular flexibility index (Phi) is 5.81. The maximum atomic E-state index is 12.4. The van der Waals surface area contributed by atoms with E-state index in [0.29, 0.717) is 25.6 Å². The summed E-state index contributed by atoms with van der Waals surface area (Å²) in [6, 6.07) is 9.44. The molecule has 1 aromatic carbocycles. The predicted molar refractivity (Wildman–Crippen MR) is 96.1 cm³/mol. The number of aromatic nitrogens is 4. The fourth-order valence-corrected chi connectivity index (χ4v) is 4.17. The number of hydrogen-bond donors (Lipinski definition) is 2. The molecule has 142 valence electrons. The lowest BCUT2D eigenvalue weighted by Gasteiger charge is -2.34. The zero-order valence-corrected chi connectivity index (χ0v) is 15.6. The Morgan fingerprint density at radius 2 is 1.85 bits per heavy atom. The number of anilines is 1. The topological polar surface area (TPSA) is 114 Å². The highest BCUT2D eigenvalue weighted by Gasteiger charge is 2.30. The summed E-state index contributed by atoms with van der Waals surface area (Å²) in [5.74, 6) is 0.448. The molecular formula is C15H23N7O3S. The number of ether oxygens (including phenoxy) is 1. The van der Waals surface area contributed by atoms with Crippen LogP contribution in [0, 0.1) is 0 Å². The monoisotopic (exact) mass is 381 g/mol. The molecule has 0 bridgehead atoms. The molecule has 3 rings (SSSR count). The van der Waals surface area contributed by atoms with Crippen LogP contribution in [0.2, 0.25) is 0 Å². The Morgan fingerprint density at radius 1 is 1.15 bits per heavy atom. The second-order valence-corrected chi connectivity index (χ2v) is 7.91. The normalized spacial score (nSPS) is 21.6. The Labute approximate surface area is 152 Å². The van der Waals surface area contributed by atoms with Crippen LogP contribution in [0.1, 0.15) is 13.8 Å². The van der Waals surface area contributed by atoms with Gasteiger partial charge < -0.3 is 10.1 Å². The molecular weight excluding hydrogens is 358 g/mol. The molecule has 0 saturated carbocycles. The van der Waals surface area contributed by atoms with Crippen LogP contribution in [0.15, 0.2) is 30.3 Å². The van der Waals surface area contributed by atoms with Crippen molar-refractivity contribution in [3.63, 3.8) is 0 Å². The van der Waals surface area contributed by atoms with Crippen LogP contribution in [0.25, 0.3) is 5.69 Å². The van der Waals surface area contributed by atoms with Crippen LogP contribution >= 0.6 is 0 Å². The van der Waals surface area contributed by atoms with Crippen LogP contribution in [-0.4, -0.2) is 71.3 Å². The standard InChI is InChI=1S/C15H23N7O3S/c1-12-10-21(11-13(2)25-12)26(23,24)17-9-8-16-15-18-19-20-22(15)14-6-4-3-5-7-14/h3-7,12-13,17H,8-11H2,1-2H3,(H,16,18,20)/t12-,13-/m1/s1. The molecule has 0 spiro atoms. The van der Waals surface area contributed by atoms with Crippen LogP contribution in [0.4, 0.5) is 5.95 Å². The van der Waals surface area contributed by atoms with Gasteiger partial charge in [-0.3, -0.25) is 0 Å². The summed E-state index contributed by atoms with van der Waals surface area (Å²) in [5.41, 5.74) is 0.817. The van der Waals surface area contributed by atoms with Crippen molar-refractivity contribution in [2.75, 3.05) is 31.5 Å². The number of benzene rings is 1. The van der Waals surface area contributed by atoms with Gasteiger partial charge in [-0.15, -0.1) is 0 Å². The number of para-hydroxylation sites is 1. The summed E-state index contributed by atoms with van der Waals surface area (Å²) in [4.78, 5) is 0. The number of morpholine rings is 1. The zero-order chi connectivity index (χ0) is 18.6. The van der Waals surface area contributed by atoms with Crippen LogP contribution in [0.5, 0.6) is 0 Å². The molecule has 0 aliphatic carbocycles. The number of hydrogen-bond acceptors (Lipinski definition) is 7. The molecule has 2 aromatic rings. The molecule has 1 aliphatic heterocycles. The highest BCUT2D eigenvalue weighted by Crippen LogP contribution is 2.13. The van der Waals surface area contributed by atoms with Crippen molar-refractivity contribution in [2.45, 2.75) is 26.1 Å². The van der Waals surface area contributed by atoms with Crippen molar-refractivity contribution in [3.05, 3.63) is 30.3 Å². The molecule has 1 aliphatic rings. The molecule has 1 aromatic heterocycles. The maximum absolute atomic E-state index is 12.4. The first kappa shape index (κ1) is 18.7. The van der Waals surface area contributed by atoms with Gasteiger partial charge in [0.25, 0.3) is 10.2 Å². The van der Waals surface area contributed by atoms with E-state index in [2.05, 4.69) is 25.6 Å². The minimum Gasteiger partial charge on any atom is -0.373 e. The second-order valence-electron chi connectivity index (χ2n) is 6.15. The third-order valence-electron chi connectivity index (χ3n) is 3.89. The Hall–Kier alpha value is -2.08. The van der Waals surface area contributed by atoms with Crippen molar-refractivity contribution >= 4 is 16.2 Å². The molecule has 1 fully saturated rings. The van der Waals surface area contributed by atoms with Gasteiger partial charge in [0.15, 0.2) is 0 Å². The average molecular weight is 381 g/mol. The quantitative estimate of drug-likeness (QED) is 0.650. The van der Waals surface area contributed by atoms with Gasteiger partial charge in [0.05, 0.1) is 17.9 Å². The first-order valence-electron chi connectivity index (χ1n) is 8.43. The number of rotatable bonds is 7. The van der Waals surface area contributed by atoms with Gasteiger partial charge in [0.2, 0.25) is 5.95 Å². The van der Waals surface area contributed by atoms with E-state index in [1.165, 1.54) is 4.31 Å². The van der Waals surface area contributed by atoms with Gasteiger partial charge in [-0.2, -0.15) is 17.4 Å². The molecule has 26 heavy (non-hydrogen) atoms. The maximum Gasteiger partial charge on any atom is 0.279 e. The summed E-state index contributed by atoms with van der Waals surface area (Å²) in [6.45, 7) is 4.98. The second kappa shape index (κ2) is 8.08. The van der Waals surface area contributed by atoms with Crippen molar-refractivity contribution < 1.29 is 13.2 Å². The molecule has 0 unspecified atom stereocenters. The molecule has 2 heterocycles. The van der Waals surface area contributed by atoms with Crippen molar-refractivity contribution in [1.29, 1.82) is 0 Å². The van der Waals surface area contributed by atoms with E-state index in [1.54, 1.807) is 4.68 Å². The summed E-state index contributed by atoms with van der Waals surface area (Å²) < 4.78 is 36.0. The summed E-state index contributed by atoms with van der Waals surface area (Å²) >= 11 is 0. The fourth-order valence-electron chi connectivity index (χ4n) is 2.81. The van der Waals surface area contributed by atoms with Gasteiger partial charge >= 0.3 is 0 Å². The van der Waals surface area contributed by atoms with Crippen molar-refractivity contribution in [3.8, 4) is 5.69 Å². The van der Waals surface area contributed by atoms with Gasteiger partial charge in [0.1, 0.15) is 0 Å². The molecule has 0 amide bonds. The smallest absolute Gasteiger partial charge is 0.279 e. The Balaban J connectivity index is 1.52. The molecule has 0 radical (unpaired) electrons. The first-order chi connectivity index (χ1) is 12.5. The van der Waals surface area contributed by atoms with E-state index in [9.17, 15) is 8.42 Å². The van der Waals surface area contributed by atoms with E-state index in [-0.39, 0.29) is 18.8 Å². The van der Waals surface area contributed by atoms with Crippen LogP contribution in [0.3, 0.4) is 0 Å². The van der Waals surface area contributed by atoms with Crippen LogP contribution in [-0.2, 0) is 14.9 Å². The number of nitrogens with zero attached hydrogens (tertiary/aromatic N) is 5. The van der Waals surface area contributed by atoms with E-state index >= 15 is 0 Å². The molecule has 2 N–H and O–H groups in total. The lowest BCUT2D eigenvalue weighted by Crippen LogP contribution is -2.52. The number of nitrogens with one attached hydrogen (secondary N) is 2.